The van der Waals surface area contributed by atoms with E-state index >= 15 is 0 Å². The van der Waals surface area contributed by atoms with Gasteiger partial charge in [-0.3, -0.25) is 4.90 Å². The van der Waals surface area contributed by atoms with Crippen molar-refractivity contribution in [2.75, 3.05) is 38.6 Å². The molecule has 0 saturated carbocycles. The summed E-state index contributed by atoms with van der Waals surface area (Å²) in [5, 5.41) is 0. The van der Waals surface area contributed by atoms with Crippen molar-refractivity contribution < 1.29 is 4.74 Å². The number of rotatable bonds is 6. The van der Waals surface area contributed by atoms with Crippen molar-refractivity contribution in [1.82, 2.24) is 4.90 Å². The van der Waals surface area contributed by atoms with Gasteiger partial charge < -0.3 is 4.74 Å². The van der Waals surface area contributed by atoms with Crippen LogP contribution in [0.1, 0.15) is 26.7 Å². The zero-order chi connectivity index (χ0) is 13.8. The molecule has 1 aliphatic heterocycles. The fourth-order valence-corrected chi connectivity index (χ4v) is 2.90. The fourth-order valence-electron chi connectivity index (χ4n) is 1.97. The summed E-state index contributed by atoms with van der Waals surface area (Å²) in [6, 6.07) is 10.7. The van der Waals surface area contributed by atoms with Crippen LogP contribution in [0.5, 0.6) is 0 Å². The SMILES string of the molecule is CC.c1ccc(SCCCCN2CCOCC2)cc1. The molecule has 0 aliphatic carbocycles. The summed E-state index contributed by atoms with van der Waals surface area (Å²) in [5.41, 5.74) is 0. The van der Waals surface area contributed by atoms with Gasteiger partial charge in [-0.2, -0.15) is 0 Å². The Morgan fingerprint density at radius 3 is 2.42 bits per heavy atom. The molecule has 0 N–H and O–H groups in total. The van der Waals surface area contributed by atoms with Gasteiger partial charge in [0.05, 0.1) is 13.2 Å². The maximum Gasteiger partial charge on any atom is 0.0594 e. The first-order valence-corrected chi connectivity index (χ1v) is 8.42. The van der Waals surface area contributed by atoms with Crippen molar-refractivity contribution >= 4 is 11.8 Å². The molecule has 2 nitrogen and oxygen atoms in total. The Morgan fingerprint density at radius 1 is 1.05 bits per heavy atom. The van der Waals surface area contributed by atoms with E-state index in [1.54, 1.807) is 0 Å². The van der Waals surface area contributed by atoms with Gasteiger partial charge in [-0.1, -0.05) is 32.0 Å². The second kappa shape index (κ2) is 11.3. The van der Waals surface area contributed by atoms with E-state index in [0.29, 0.717) is 0 Å². The van der Waals surface area contributed by atoms with E-state index in [9.17, 15) is 0 Å². The van der Waals surface area contributed by atoms with Gasteiger partial charge in [0.15, 0.2) is 0 Å². The Morgan fingerprint density at radius 2 is 1.74 bits per heavy atom. The number of nitrogens with zero attached hydrogens (tertiary/aromatic N) is 1. The van der Waals surface area contributed by atoms with E-state index in [2.05, 4.69) is 35.2 Å². The van der Waals surface area contributed by atoms with Crippen molar-refractivity contribution in [3.63, 3.8) is 0 Å². The Balaban J connectivity index is 0.000000861. The predicted octanol–water partition coefficient (Wildman–Crippen LogP) is 3.92. The monoisotopic (exact) mass is 281 g/mol. The van der Waals surface area contributed by atoms with Crippen LogP contribution in [0.4, 0.5) is 0 Å². The van der Waals surface area contributed by atoms with Crippen molar-refractivity contribution in [2.24, 2.45) is 0 Å². The highest BCUT2D eigenvalue weighted by atomic mass is 32.2. The molecule has 19 heavy (non-hydrogen) atoms. The topological polar surface area (TPSA) is 12.5 Å². The molecule has 1 aliphatic rings. The maximum atomic E-state index is 5.34. The largest absolute Gasteiger partial charge is 0.379 e. The van der Waals surface area contributed by atoms with Gasteiger partial charge in [-0.05, 0) is 37.3 Å². The van der Waals surface area contributed by atoms with Crippen LogP contribution in [0.2, 0.25) is 0 Å². The molecule has 0 aromatic heterocycles. The van der Waals surface area contributed by atoms with Gasteiger partial charge in [0.2, 0.25) is 0 Å². The van der Waals surface area contributed by atoms with Crippen molar-refractivity contribution in [3.8, 4) is 0 Å². The second-order valence-electron chi connectivity index (χ2n) is 4.32. The minimum atomic E-state index is 0.915. The number of ether oxygens (including phenoxy) is 1. The zero-order valence-electron chi connectivity index (χ0n) is 12.3. The molecule has 0 atom stereocenters. The summed E-state index contributed by atoms with van der Waals surface area (Å²) < 4.78 is 5.34. The molecule has 1 saturated heterocycles. The van der Waals surface area contributed by atoms with E-state index in [1.165, 1.54) is 30.0 Å². The van der Waals surface area contributed by atoms with Crippen LogP contribution in [-0.4, -0.2) is 43.5 Å². The number of benzene rings is 1. The normalized spacial score (nSPS) is 15.7. The van der Waals surface area contributed by atoms with Gasteiger partial charge >= 0.3 is 0 Å². The van der Waals surface area contributed by atoms with Crippen LogP contribution in [-0.2, 0) is 4.74 Å². The Kier molecular flexibility index (Phi) is 9.86. The predicted molar refractivity (Wildman–Crippen MR) is 85.0 cm³/mol. The highest BCUT2D eigenvalue weighted by Gasteiger charge is 2.08. The van der Waals surface area contributed by atoms with Crippen LogP contribution < -0.4 is 0 Å². The first-order chi connectivity index (χ1) is 9.45. The lowest BCUT2D eigenvalue weighted by atomic mass is 10.3. The van der Waals surface area contributed by atoms with Crippen molar-refractivity contribution in [1.29, 1.82) is 0 Å². The highest BCUT2D eigenvalue weighted by Crippen LogP contribution is 2.18. The lowest BCUT2D eigenvalue weighted by Gasteiger charge is -2.26. The van der Waals surface area contributed by atoms with Crippen LogP contribution >= 0.6 is 11.8 Å². The number of unbranched alkanes of at least 4 members (excludes halogenated alkanes) is 1. The molecule has 2 rings (SSSR count). The van der Waals surface area contributed by atoms with Gasteiger partial charge in [0, 0.05) is 18.0 Å². The highest BCUT2D eigenvalue weighted by molar-refractivity contribution is 7.99. The molecule has 3 heteroatoms. The van der Waals surface area contributed by atoms with E-state index in [0.717, 1.165) is 26.3 Å². The van der Waals surface area contributed by atoms with E-state index in [-0.39, 0.29) is 0 Å². The smallest absolute Gasteiger partial charge is 0.0594 e. The average molecular weight is 281 g/mol. The molecule has 0 bridgehead atoms. The van der Waals surface area contributed by atoms with Gasteiger partial charge in [-0.15, -0.1) is 11.8 Å². The van der Waals surface area contributed by atoms with Crippen molar-refractivity contribution in [2.45, 2.75) is 31.6 Å². The first-order valence-electron chi connectivity index (χ1n) is 7.43. The zero-order valence-corrected chi connectivity index (χ0v) is 13.1. The third-order valence-electron chi connectivity index (χ3n) is 2.98. The van der Waals surface area contributed by atoms with Gasteiger partial charge in [-0.25, -0.2) is 0 Å². The molecule has 1 aromatic carbocycles. The quantitative estimate of drug-likeness (QED) is 0.579. The molecule has 1 fully saturated rings. The summed E-state index contributed by atoms with van der Waals surface area (Å²) in [5.74, 6) is 1.23. The summed E-state index contributed by atoms with van der Waals surface area (Å²) in [4.78, 5) is 3.90. The maximum absolute atomic E-state index is 5.34. The van der Waals surface area contributed by atoms with E-state index in [1.807, 2.05) is 25.6 Å². The summed E-state index contributed by atoms with van der Waals surface area (Å²) in [6.07, 6.45) is 2.61. The third kappa shape index (κ3) is 7.61. The fraction of sp³-hybridized carbons (Fsp3) is 0.625. The third-order valence-corrected chi connectivity index (χ3v) is 4.08. The molecular weight excluding hydrogens is 254 g/mol. The lowest BCUT2D eigenvalue weighted by Crippen LogP contribution is -2.36. The minimum absolute atomic E-state index is 0.915. The molecule has 0 radical (unpaired) electrons. The molecule has 0 unspecified atom stereocenters. The number of hydrogen-bond acceptors (Lipinski definition) is 3. The summed E-state index contributed by atoms with van der Waals surface area (Å²) >= 11 is 1.96. The van der Waals surface area contributed by atoms with E-state index in [4.69, 9.17) is 4.74 Å². The lowest BCUT2D eigenvalue weighted by molar-refractivity contribution is 0.0374. The number of hydrogen-bond donors (Lipinski definition) is 0. The molecular formula is C16H27NOS. The first kappa shape index (κ1) is 16.5. The average Bonchev–Trinajstić information content (AvgIpc) is 2.51. The molecule has 108 valence electrons. The van der Waals surface area contributed by atoms with Crippen molar-refractivity contribution in [3.05, 3.63) is 30.3 Å². The van der Waals surface area contributed by atoms with Crippen LogP contribution in [0.25, 0.3) is 0 Å². The van der Waals surface area contributed by atoms with Crippen LogP contribution in [0.15, 0.2) is 35.2 Å². The molecule has 0 amide bonds. The van der Waals surface area contributed by atoms with Crippen LogP contribution in [0.3, 0.4) is 0 Å². The molecule has 1 heterocycles. The standard InChI is InChI=1S/C14H21NOS.C2H6/c1-2-6-14(7-3-1)17-13-5-4-8-15-9-11-16-12-10-15;1-2/h1-3,6-7H,4-5,8-13H2;1-2H3. The Hall–Kier alpha value is -0.510. The Labute approximate surface area is 122 Å². The summed E-state index contributed by atoms with van der Waals surface area (Å²) in [7, 11) is 0. The number of thioether (sulfide) groups is 1. The van der Waals surface area contributed by atoms with E-state index < -0.39 is 0 Å². The molecule has 0 spiro atoms. The minimum Gasteiger partial charge on any atom is -0.379 e. The number of morpholine rings is 1. The molecule has 1 aromatic rings. The second-order valence-corrected chi connectivity index (χ2v) is 5.49. The van der Waals surface area contributed by atoms with Gasteiger partial charge in [0.25, 0.3) is 0 Å². The van der Waals surface area contributed by atoms with Crippen LogP contribution in [0, 0.1) is 0 Å². The Bertz CT molecular complexity index is 299. The summed E-state index contributed by atoms with van der Waals surface area (Å²) in [6.45, 7) is 9.30. The van der Waals surface area contributed by atoms with Gasteiger partial charge in [0.1, 0.15) is 0 Å².